The van der Waals surface area contributed by atoms with Crippen LogP contribution in [0.3, 0.4) is 0 Å². The molecule has 8 heteroatoms. The number of carbonyl (C=O) groups excluding carboxylic acids is 2. The normalized spacial score (nSPS) is 17.5. The van der Waals surface area contributed by atoms with Crippen LogP contribution in [0.5, 0.6) is 11.5 Å². The highest BCUT2D eigenvalue weighted by Gasteiger charge is 2.16. The molecule has 0 saturated carbocycles. The second kappa shape index (κ2) is 8.30. The number of hydrogen-bond donors (Lipinski definition) is 4. The van der Waals surface area contributed by atoms with Crippen LogP contribution in [0.2, 0.25) is 0 Å². The minimum atomic E-state index is -0.633. The number of phenols is 2. The van der Waals surface area contributed by atoms with Gasteiger partial charge < -0.3 is 20.3 Å². The number of aromatic hydroxyl groups is 2. The number of hydrogen-bond acceptors (Lipinski definition) is 6. The van der Waals surface area contributed by atoms with Gasteiger partial charge in [0.15, 0.2) is 0 Å². The molecule has 24 heavy (non-hydrogen) atoms. The first-order chi connectivity index (χ1) is 11.5. The lowest BCUT2D eigenvalue weighted by Crippen LogP contribution is -2.33. The maximum Gasteiger partial charge on any atom is 0.275 e. The van der Waals surface area contributed by atoms with Crippen molar-refractivity contribution in [2.45, 2.75) is 32.3 Å². The van der Waals surface area contributed by atoms with E-state index in [0.717, 1.165) is 25.5 Å². The molecule has 1 aromatic rings. The molecule has 0 spiro atoms. The summed E-state index contributed by atoms with van der Waals surface area (Å²) >= 11 is 0. The lowest BCUT2D eigenvalue weighted by atomic mass is 10.2. The van der Waals surface area contributed by atoms with Crippen molar-refractivity contribution in [1.82, 2.24) is 10.7 Å². The van der Waals surface area contributed by atoms with Gasteiger partial charge >= 0.3 is 0 Å². The molecule has 1 aliphatic rings. The van der Waals surface area contributed by atoms with Crippen molar-refractivity contribution in [3.63, 3.8) is 0 Å². The Bertz CT molecular complexity index is 639. The monoisotopic (exact) mass is 335 g/mol. The number of hydrazone groups is 1. The van der Waals surface area contributed by atoms with Crippen LogP contribution in [0.25, 0.3) is 0 Å². The molecule has 1 aromatic carbocycles. The Hall–Kier alpha value is -2.61. The van der Waals surface area contributed by atoms with Crippen molar-refractivity contribution >= 4 is 17.5 Å². The average Bonchev–Trinajstić information content (AvgIpc) is 3.04. The number of amides is 2. The van der Waals surface area contributed by atoms with E-state index in [4.69, 9.17) is 4.74 Å². The van der Waals surface area contributed by atoms with E-state index in [0.29, 0.717) is 12.3 Å². The molecular weight excluding hydrogens is 314 g/mol. The van der Waals surface area contributed by atoms with Crippen LogP contribution in [0.15, 0.2) is 23.3 Å². The molecule has 1 heterocycles. The summed E-state index contributed by atoms with van der Waals surface area (Å²) < 4.78 is 5.41. The molecule has 8 nitrogen and oxygen atoms in total. The first kappa shape index (κ1) is 17.7. The molecule has 2 rings (SSSR count). The van der Waals surface area contributed by atoms with Crippen molar-refractivity contribution in [2.24, 2.45) is 5.10 Å². The van der Waals surface area contributed by atoms with E-state index >= 15 is 0 Å². The van der Waals surface area contributed by atoms with Gasteiger partial charge in [0, 0.05) is 24.9 Å². The van der Waals surface area contributed by atoms with Crippen molar-refractivity contribution < 1.29 is 24.5 Å². The van der Waals surface area contributed by atoms with Crippen LogP contribution in [0, 0.1) is 0 Å². The topological polar surface area (TPSA) is 120 Å². The molecule has 1 aliphatic heterocycles. The molecule has 0 aromatic heterocycles. The number of rotatable bonds is 6. The first-order valence-electron chi connectivity index (χ1n) is 7.69. The van der Waals surface area contributed by atoms with E-state index in [9.17, 15) is 19.8 Å². The van der Waals surface area contributed by atoms with E-state index in [1.165, 1.54) is 12.1 Å². The molecule has 0 radical (unpaired) electrons. The van der Waals surface area contributed by atoms with Crippen LogP contribution in [0.1, 0.15) is 36.5 Å². The Morgan fingerprint density at radius 2 is 2.17 bits per heavy atom. The van der Waals surface area contributed by atoms with E-state index in [-0.39, 0.29) is 35.5 Å². The fourth-order valence-corrected chi connectivity index (χ4v) is 2.29. The van der Waals surface area contributed by atoms with Gasteiger partial charge in [0.1, 0.15) is 11.5 Å². The summed E-state index contributed by atoms with van der Waals surface area (Å²) in [5.41, 5.74) is 2.67. The Morgan fingerprint density at radius 3 is 2.83 bits per heavy atom. The third-order valence-corrected chi connectivity index (χ3v) is 3.54. The van der Waals surface area contributed by atoms with Gasteiger partial charge in [-0.15, -0.1) is 0 Å². The summed E-state index contributed by atoms with van der Waals surface area (Å²) in [6.45, 7) is 2.82. The van der Waals surface area contributed by atoms with Gasteiger partial charge in [0.25, 0.3) is 5.91 Å². The van der Waals surface area contributed by atoms with Crippen LogP contribution >= 0.6 is 0 Å². The van der Waals surface area contributed by atoms with Gasteiger partial charge in [-0.05, 0) is 31.9 Å². The van der Waals surface area contributed by atoms with Gasteiger partial charge in [0.2, 0.25) is 5.91 Å². The third kappa shape index (κ3) is 5.24. The maximum atomic E-state index is 11.9. The van der Waals surface area contributed by atoms with Gasteiger partial charge in [-0.1, -0.05) is 0 Å². The fourth-order valence-electron chi connectivity index (χ4n) is 2.29. The van der Waals surface area contributed by atoms with Crippen LogP contribution in [-0.4, -0.2) is 47.0 Å². The summed E-state index contributed by atoms with van der Waals surface area (Å²) in [6.07, 6.45) is 2.08. The van der Waals surface area contributed by atoms with E-state index in [2.05, 4.69) is 15.8 Å². The fraction of sp³-hybridized carbons (Fsp3) is 0.438. The standard InChI is InChI=1S/C16H21N3O5/c1-10(7-15(22)17-9-12-3-2-6-24-12)18-19-16(23)13-5-4-11(20)8-14(13)21/h4-5,8,12,20-21H,2-3,6-7,9H2,1H3,(H,17,22)(H,19,23)/b18-10+. The summed E-state index contributed by atoms with van der Waals surface area (Å²) in [4.78, 5) is 23.7. The molecule has 130 valence electrons. The van der Waals surface area contributed by atoms with E-state index < -0.39 is 5.91 Å². The summed E-state index contributed by atoms with van der Waals surface area (Å²) in [6, 6.07) is 3.62. The smallest absolute Gasteiger partial charge is 0.275 e. The van der Waals surface area contributed by atoms with Crippen LogP contribution < -0.4 is 10.7 Å². The van der Waals surface area contributed by atoms with Crippen LogP contribution in [0.4, 0.5) is 0 Å². The summed E-state index contributed by atoms with van der Waals surface area (Å²) in [5, 5.41) is 25.4. The Kier molecular flexibility index (Phi) is 6.14. The number of nitrogens with one attached hydrogen (secondary N) is 2. The van der Waals surface area contributed by atoms with Crippen molar-refractivity contribution in [3.05, 3.63) is 23.8 Å². The zero-order valence-corrected chi connectivity index (χ0v) is 13.4. The van der Waals surface area contributed by atoms with Crippen LogP contribution in [-0.2, 0) is 9.53 Å². The maximum absolute atomic E-state index is 11.9. The molecule has 0 bridgehead atoms. The van der Waals surface area contributed by atoms with E-state index in [1.807, 2.05) is 0 Å². The number of nitrogens with zero attached hydrogens (tertiary/aromatic N) is 1. The Morgan fingerprint density at radius 1 is 1.38 bits per heavy atom. The van der Waals surface area contributed by atoms with E-state index in [1.54, 1.807) is 6.92 Å². The SMILES string of the molecule is C/C(CC(=O)NCC1CCCO1)=N\NC(=O)c1ccc(O)cc1O. The Balaban J connectivity index is 1.79. The zero-order valence-electron chi connectivity index (χ0n) is 13.4. The molecule has 1 unspecified atom stereocenters. The van der Waals surface area contributed by atoms with Gasteiger partial charge in [0.05, 0.1) is 18.1 Å². The lowest BCUT2D eigenvalue weighted by molar-refractivity contribution is -0.120. The predicted octanol–water partition coefficient (Wildman–Crippen LogP) is 0.889. The Labute approximate surface area is 139 Å². The highest BCUT2D eigenvalue weighted by Crippen LogP contribution is 2.22. The minimum absolute atomic E-state index is 0.0211. The number of ether oxygens (including phenoxy) is 1. The molecule has 2 amide bonds. The zero-order chi connectivity index (χ0) is 17.5. The molecule has 1 saturated heterocycles. The first-order valence-corrected chi connectivity index (χ1v) is 7.69. The number of phenolic OH excluding ortho intramolecular Hbond substituents is 2. The largest absolute Gasteiger partial charge is 0.508 e. The lowest BCUT2D eigenvalue weighted by Gasteiger charge is -2.10. The predicted molar refractivity (Wildman–Crippen MR) is 86.9 cm³/mol. The number of carbonyl (C=O) groups is 2. The minimum Gasteiger partial charge on any atom is -0.508 e. The van der Waals surface area contributed by atoms with Crippen molar-refractivity contribution in [1.29, 1.82) is 0 Å². The molecule has 1 fully saturated rings. The third-order valence-electron chi connectivity index (χ3n) is 3.54. The second-order valence-electron chi connectivity index (χ2n) is 5.61. The van der Waals surface area contributed by atoms with Gasteiger partial charge in [-0.25, -0.2) is 5.43 Å². The van der Waals surface area contributed by atoms with Gasteiger partial charge in [-0.2, -0.15) is 5.10 Å². The van der Waals surface area contributed by atoms with Crippen molar-refractivity contribution in [3.8, 4) is 11.5 Å². The molecule has 4 N–H and O–H groups in total. The second-order valence-corrected chi connectivity index (χ2v) is 5.61. The summed E-state index contributed by atoms with van der Waals surface area (Å²) in [5.74, 6) is -1.33. The molecular formula is C16H21N3O5. The molecule has 0 aliphatic carbocycles. The quantitative estimate of drug-likeness (QED) is 0.454. The molecule has 1 atom stereocenters. The average molecular weight is 335 g/mol. The van der Waals surface area contributed by atoms with Crippen molar-refractivity contribution in [2.75, 3.05) is 13.2 Å². The highest BCUT2D eigenvalue weighted by atomic mass is 16.5. The highest BCUT2D eigenvalue weighted by molar-refractivity contribution is 6.01. The van der Waals surface area contributed by atoms with Gasteiger partial charge in [-0.3, -0.25) is 9.59 Å². The summed E-state index contributed by atoms with van der Waals surface area (Å²) in [7, 11) is 0. The number of benzene rings is 1.